The standard InChI is InChI=1S/C15H19N3O4/c1-6-7-22-14(20)18(15(2,3)4)11-9-17-10(13(16)19)8-12(11)21-5/h1,8-9H,7H2,2-5H3,(H2,16,19). The van der Waals surface area contributed by atoms with Crippen molar-refractivity contribution in [2.75, 3.05) is 18.6 Å². The second-order valence-electron chi connectivity index (χ2n) is 5.37. The van der Waals surface area contributed by atoms with Crippen LogP contribution in [0.3, 0.4) is 0 Å². The summed E-state index contributed by atoms with van der Waals surface area (Å²) < 4.78 is 10.2. The van der Waals surface area contributed by atoms with Crippen molar-refractivity contribution in [3.05, 3.63) is 18.0 Å². The maximum atomic E-state index is 12.3. The lowest BCUT2D eigenvalue weighted by molar-refractivity contribution is 0.0995. The fourth-order valence-electron chi connectivity index (χ4n) is 1.80. The van der Waals surface area contributed by atoms with Gasteiger partial charge in [0.1, 0.15) is 17.1 Å². The third kappa shape index (κ3) is 3.88. The number of carbonyl (C=O) groups is 2. The topological polar surface area (TPSA) is 94.8 Å². The average molecular weight is 305 g/mol. The van der Waals surface area contributed by atoms with Gasteiger partial charge in [0.05, 0.1) is 13.3 Å². The van der Waals surface area contributed by atoms with Crippen molar-refractivity contribution >= 4 is 17.7 Å². The fraction of sp³-hybridized carbons (Fsp3) is 0.400. The highest BCUT2D eigenvalue weighted by molar-refractivity contribution is 5.94. The zero-order valence-corrected chi connectivity index (χ0v) is 13.0. The maximum Gasteiger partial charge on any atom is 0.415 e. The number of terminal acetylenes is 1. The molecule has 0 atom stereocenters. The number of anilines is 1. The first-order valence-electron chi connectivity index (χ1n) is 6.46. The first kappa shape index (κ1) is 17.3. The molecule has 1 heterocycles. The van der Waals surface area contributed by atoms with Crippen molar-refractivity contribution in [2.24, 2.45) is 5.73 Å². The Hall–Kier alpha value is -2.75. The number of rotatable bonds is 4. The molecular formula is C15H19N3O4. The summed E-state index contributed by atoms with van der Waals surface area (Å²) in [7, 11) is 1.41. The highest BCUT2D eigenvalue weighted by atomic mass is 16.6. The molecule has 0 radical (unpaired) electrons. The van der Waals surface area contributed by atoms with E-state index in [-0.39, 0.29) is 18.1 Å². The molecule has 0 saturated carbocycles. The van der Waals surface area contributed by atoms with Gasteiger partial charge in [-0.15, -0.1) is 6.42 Å². The Morgan fingerprint density at radius 1 is 1.45 bits per heavy atom. The SMILES string of the molecule is C#CCOC(=O)N(c1cnc(C(N)=O)cc1OC)C(C)(C)C. The second kappa shape index (κ2) is 6.80. The number of aromatic nitrogens is 1. The summed E-state index contributed by atoms with van der Waals surface area (Å²) in [6.45, 7) is 5.28. The highest BCUT2D eigenvalue weighted by Gasteiger charge is 2.32. The fourth-order valence-corrected chi connectivity index (χ4v) is 1.80. The third-order valence-electron chi connectivity index (χ3n) is 2.69. The molecular weight excluding hydrogens is 286 g/mol. The number of hydrogen-bond donors (Lipinski definition) is 1. The number of pyridine rings is 1. The number of ether oxygens (including phenoxy) is 2. The van der Waals surface area contributed by atoms with Crippen molar-refractivity contribution in [3.8, 4) is 18.1 Å². The van der Waals surface area contributed by atoms with Crippen LogP contribution >= 0.6 is 0 Å². The van der Waals surface area contributed by atoms with Crippen LogP contribution in [0, 0.1) is 12.3 Å². The first-order chi connectivity index (χ1) is 10.2. The molecule has 2 amide bonds. The number of methoxy groups -OCH3 is 1. The van der Waals surface area contributed by atoms with E-state index >= 15 is 0 Å². The van der Waals surface area contributed by atoms with E-state index in [1.807, 2.05) is 20.8 Å². The molecule has 0 spiro atoms. The average Bonchev–Trinajstić information content (AvgIpc) is 2.43. The molecule has 0 aliphatic carbocycles. The van der Waals surface area contributed by atoms with Crippen LogP contribution in [0.4, 0.5) is 10.5 Å². The Morgan fingerprint density at radius 2 is 2.09 bits per heavy atom. The van der Waals surface area contributed by atoms with Gasteiger partial charge >= 0.3 is 6.09 Å². The van der Waals surface area contributed by atoms with E-state index in [2.05, 4.69) is 10.9 Å². The number of hydrogen-bond acceptors (Lipinski definition) is 5. The number of nitrogens with zero attached hydrogens (tertiary/aromatic N) is 2. The van der Waals surface area contributed by atoms with Crippen molar-refractivity contribution in [1.82, 2.24) is 4.98 Å². The molecule has 0 aliphatic heterocycles. The van der Waals surface area contributed by atoms with E-state index in [1.165, 1.54) is 24.3 Å². The Kier molecular flexibility index (Phi) is 5.35. The molecule has 0 bridgehead atoms. The molecule has 0 fully saturated rings. The summed E-state index contributed by atoms with van der Waals surface area (Å²) in [6, 6.07) is 1.37. The largest absolute Gasteiger partial charge is 0.494 e. The lowest BCUT2D eigenvalue weighted by Gasteiger charge is -2.35. The Bertz CT molecular complexity index is 614. The van der Waals surface area contributed by atoms with Gasteiger partial charge in [-0.1, -0.05) is 5.92 Å². The first-order valence-corrected chi connectivity index (χ1v) is 6.46. The van der Waals surface area contributed by atoms with Crippen molar-refractivity contribution < 1.29 is 19.1 Å². The lowest BCUT2D eigenvalue weighted by atomic mass is 10.1. The monoisotopic (exact) mass is 305 g/mol. The van der Waals surface area contributed by atoms with Gasteiger partial charge in [0.2, 0.25) is 0 Å². The van der Waals surface area contributed by atoms with E-state index in [4.69, 9.17) is 21.6 Å². The van der Waals surface area contributed by atoms with Gasteiger partial charge in [-0.25, -0.2) is 9.78 Å². The van der Waals surface area contributed by atoms with Gasteiger partial charge in [-0.3, -0.25) is 9.69 Å². The van der Waals surface area contributed by atoms with Crippen molar-refractivity contribution in [2.45, 2.75) is 26.3 Å². The smallest absolute Gasteiger partial charge is 0.415 e. The molecule has 0 saturated heterocycles. The van der Waals surface area contributed by atoms with E-state index in [0.717, 1.165) is 0 Å². The zero-order chi connectivity index (χ0) is 16.9. The van der Waals surface area contributed by atoms with Gasteiger partial charge < -0.3 is 15.2 Å². The van der Waals surface area contributed by atoms with Gasteiger partial charge in [0, 0.05) is 11.6 Å². The summed E-state index contributed by atoms with van der Waals surface area (Å²) in [5.74, 6) is 1.81. The normalized spacial score (nSPS) is 10.5. The summed E-state index contributed by atoms with van der Waals surface area (Å²) in [5, 5.41) is 0. The molecule has 1 aromatic heterocycles. The Balaban J connectivity index is 3.34. The minimum atomic E-state index is -0.693. The van der Waals surface area contributed by atoms with E-state index in [1.54, 1.807) is 0 Å². The van der Waals surface area contributed by atoms with E-state index in [0.29, 0.717) is 5.69 Å². The number of nitrogens with two attached hydrogens (primary N) is 1. The van der Waals surface area contributed by atoms with Gasteiger partial charge in [-0.2, -0.15) is 0 Å². The molecule has 2 N–H and O–H groups in total. The van der Waals surface area contributed by atoms with Gasteiger partial charge in [0.25, 0.3) is 5.91 Å². The molecule has 1 aromatic rings. The molecule has 0 aliphatic rings. The number of amides is 2. The minimum absolute atomic E-state index is 0.0338. The number of primary amides is 1. The van der Waals surface area contributed by atoms with Crippen LogP contribution in [0.1, 0.15) is 31.3 Å². The molecule has 7 nitrogen and oxygen atoms in total. The van der Waals surface area contributed by atoms with Crippen molar-refractivity contribution in [1.29, 1.82) is 0 Å². The van der Waals surface area contributed by atoms with Crippen LogP contribution in [0.2, 0.25) is 0 Å². The third-order valence-corrected chi connectivity index (χ3v) is 2.69. The lowest BCUT2D eigenvalue weighted by Crippen LogP contribution is -2.46. The van der Waals surface area contributed by atoms with Gasteiger partial charge in [0.15, 0.2) is 6.61 Å². The highest BCUT2D eigenvalue weighted by Crippen LogP contribution is 2.33. The van der Waals surface area contributed by atoms with Crippen LogP contribution in [-0.2, 0) is 4.74 Å². The van der Waals surface area contributed by atoms with Crippen LogP contribution in [0.5, 0.6) is 5.75 Å². The maximum absolute atomic E-state index is 12.3. The van der Waals surface area contributed by atoms with Crippen LogP contribution in [0.25, 0.3) is 0 Å². The van der Waals surface area contributed by atoms with Gasteiger partial charge in [-0.05, 0) is 20.8 Å². The Morgan fingerprint density at radius 3 is 2.55 bits per heavy atom. The summed E-state index contributed by atoms with van der Waals surface area (Å²) in [6.07, 6.45) is 5.79. The zero-order valence-electron chi connectivity index (χ0n) is 13.0. The molecule has 22 heavy (non-hydrogen) atoms. The van der Waals surface area contributed by atoms with E-state index in [9.17, 15) is 9.59 Å². The molecule has 0 unspecified atom stereocenters. The minimum Gasteiger partial charge on any atom is -0.494 e. The summed E-state index contributed by atoms with van der Waals surface area (Å²) >= 11 is 0. The predicted molar refractivity (Wildman–Crippen MR) is 81.7 cm³/mol. The number of carbonyl (C=O) groups excluding carboxylic acids is 2. The van der Waals surface area contributed by atoms with Crippen LogP contribution in [0.15, 0.2) is 12.3 Å². The second-order valence-corrected chi connectivity index (χ2v) is 5.37. The van der Waals surface area contributed by atoms with E-state index < -0.39 is 17.5 Å². The summed E-state index contributed by atoms with van der Waals surface area (Å²) in [4.78, 5) is 28.8. The molecule has 7 heteroatoms. The molecule has 118 valence electrons. The molecule has 1 rings (SSSR count). The van der Waals surface area contributed by atoms with Crippen LogP contribution < -0.4 is 15.4 Å². The predicted octanol–water partition coefficient (Wildman–Crippen LogP) is 1.56. The van der Waals surface area contributed by atoms with Crippen molar-refractivity contribution in [3.63, 3.8) is 0 Å². The summed E-state index contributed by atoms with van der Waals surface area (Å²) in [5.41, 5.74) is 4.94. The Labute approximate surface area is 129 Å². The quantitative estimate of drug-likeness (QED) is 0.852. The van der Waals surface area contributed by atoms with Crippen LogP contribution in [-0.4, -0.2) is 36.2 Å². The molecule has 0 aromatic carbocycles.